The van der Waals surface area contributed by atoms with Crippen LogP contribution in [0.2, 0.25) is 0 Å². The number of aryl methyl sites for hydroxylation is 1. The van der Waals surface area contributed by atoms with Gasteiger partial charge in [-0.2, -0.15) is 0 Å². The number of nitrogens with one attached hydrogen (secondary N) is 1. The van der Waals surface area contributed by atoms with Crippen molar-refractivity contribution in [2.24, 2.45) is 0 Å². The first-order valence-electron chi connectivity index (χ1n) is 5.80. The molecule has 2 rings (SSSR count). The van der Waals surface area contributed by atoms with Gasteiger partial charge in [0.05, 0.1) is 11.7 Å². The Morgan fingerprint density at radius 1 is 1.33 bits per heavy atom. The topological polar surface area (TPSA) is 50.9 Å². The first-order chi connectivity index (χ1) is 8.56. The van der Waals surface area contributed by atoms with E-state index >= 15 is 0 Å². The van der Waals surface area contributed by atoms with Crippen LogP contribution in [0.1, 0.15) is 24.1 Å². The zero-order chi connectivity index (χ0) is 13.1. The predicted octanol–water partition coefficient (Wildman–Crippen LogP) is 3.91. The van der Waals surface area contributed by atoms with Crippen LogP contribution in [0.4, 0.5) is 11.5 Å². The minimum Gasteiger partial charge on any atom is -0.396 e. The van der Waals surface area contributed by atoms with Gasteiger partial charge in [-0.05, 0) is 43.2 Å². The third-order valence-electron chi connectivity index (χ3n) is 2.76. The van der Waals surface area contributed by atoms with Crippen molar-refractivity contribution in [3.05, 3.63) is 52.1 Å². The molecule has 0 aliphatic heterocycles. The highest BCUT2D eigenvalue weighted by Crippen LogP contribution is 2.24. The van der Waals surface area contributed by atoms with Crippen molar-refractivity contribution in [3.63, 3.8) is 0 Å². The van der Waals surface area contributed by atoms with Crippen LogP contribution >= 0.6 is 15.9 Å². The standard InChI is InChI=1S/C14H16BrN3/c1-9-6-13(16)14(17-8-9)18-10(2)11-4-3-5-12(15)7-11/h3-8,10H,16H2,1-2H3,(H,17,18). The lowest BCUT2D eigenvalue weighted by Crippen LogP contribution is -2.10. The fraction of sp³-hybridized carbons (Fsp3) is 0.214. The van der Waals surface area contributed by atoms with Gasteiger partial charge in [0, 0.05) is 10.7 Å². The second-order valence-corrected chi connectivity index (χ2v) is 5.29. The van der Waals surface area contributed by atoms with Crippen LogP contribution in [0, 0.1) is 6.92 Å². The molecule has 18 heavy (non-hydrogen) atoms. The fourth-order valence-corrected chi connectivity index (χ4v) is 2.19. The first-order valence-corrected chi connectivity index (χ1v) is 6.59. The maximum absolute atomic E-state index is 5.94. The Balaban J connectivity index is 2.18. The quantitative estimate of drug-likeness (QED) is 0.904. The van der Waals surface area contributed by atoms with Crippen LogP contribution in [-0.4, -0.2) is 4.98 Å². The van der Waals surface area contributed by atoms with Crippen LogP contribution < -0.4 is 11.1 Å². The van der Waals surface area contributed by atoms with E-state index in [-0.39, 0.29) is 6.04 Å². The number of aromatic nitrogens is 1. The molecule has 0 saturated heterocycles. The summed E-state index contributed by atoms with van der Waals surface area (Å²) in [5.74, 6) is 0.730. The number of hydrogen-bond acceptors (Lipinski definition) is 3. The molecule has 1 atom stereocenters. The highest BCUT2D eigenvalue weighted by Gasteiger charge is 2.08. The van der Waals surface area contributed by atoms with E-state index in [1.165, 1.54) is 5.56 Å². The number of pyridine rings is 1. The second kappa shape index (κ2) is 5.40. The van der Waals surface area contributed by atoms with Crippen molar-refractivity contribution >= 4 is 27.4 Å². The van der Waals surface area contributed by atoms with Gasteiger partial charge < -0.3 is 11.1 Å². The number of benzene rings is 1. The zero-order valence-corrected chi connectivity index (χ0v) is 12.0. The molecule has 3 nitrogen and oxygen atoms in total. The summed E-state index contributed by atoms with van der Waals surface area (Å²) in [4.78, 5) is 4.32. The van der Waals surface area contributed by atoms with Crippen molar-refractivity contribution in [2.75, 3.05) is 11.1 Å². The van der Waals surface area contributed by atoms with Gasteiger partial charge in [-0.1, -0.05) is 28.1 Å². The Labute approximate surface area is 116 Å². The van der Waals surface area contributed by atoms with E-state index in [1.807, 2.05) is 31.3 Å². The summed E-state index contributed by atoms with van der Waals surface area (Å²) in [6.45, 7) is 4.06. The van der Waals surface area contributed by atoms with E-state index in [2.05, 4.69) is 45.3 Å². The molecule has 0 saturated carbocycles. The molecule has 1 aromatic carbocycles. The molecular weight excluding hydrogens is 290 g/mol. The van der Waals surface area contributed by atoms with E-state index in [9.17, 15) is 0 Å². The predicted molar refractivity (Wildman–Crippen MR) is 79.6 cm³/mol. The maximum atomic E-state index is 5.94. The molecule has 2 aromatic rings. The average Bonchev–Trinajstić information content (AvgIpc) is 2.32. The van der Waals surface area contributed by atoms with Crippen LogP contribution in [0.15, 0.2) is 41.0 Å². The molecule has 1 heterocycles. The van der Waals surface area contributed by atoms with Crippen molar-refractivity contribution in [1.82, 2.24) is 4.98 Å². The van der Waals surface area contributed by atoms with Gasteiger partial charge in [-0.25, -0.2) is 4.98 Å². The third-order valence-corrected chi connectivity index (χ3v) is 3.25. The molecule has 94 valence electrons. The van der Waals surface area contributed by atoms with E-state index in [1.54, 1.807) is 0 Å². The molecule has 0 radical (unpaired) electrons. The normalized spacial score (nSPS) is 12.2. The average molecular weight is 306 g/mol. The van der Waals surface area contributed by atoms with Crippen molar-refractivity contribution < 1.29 is 0 Å². The van der Waals surface area contributed by atoms with Crippen LogP contribution in [0.5, 0.6) is 0 Å². The maximum Gasteiger partial charge on any atom is 0.149 e. The molecule has 0 aliphatic carbocycles. The number of rotatable bonds is 3. The molecule has 1 aromatic heterocycles. The van der Waals surface area contributed by atoms with Crippen LogP contribution in [0.25, 0.3) is 0 Å². The largest absolute Gasteiger partial charge is 0.396 e. The molecule has 0 bridgehead atoms. The minimum atomic E-state index is 0.153. The van der Waals surface area contributed by atoms with Crippen molar-refractivity contribution in [1.29, 1.82) is 0 Å². The molecule has 0 fully saturated rings. The molecule has 1 unspecified atom stereocenters. The number of halogens is 1. The summed E-state index contributed by atoms with van der Waals surface area (Å²) in [7, 11) is 0. The van der Waals surface area contributed by atoms with E-state index in [4.69, 9.17) is 5.73 Å². The van der Waals surface area contributed by atoms with E-state index < -0.39 is 0 Å². The van der Waals surface area contributed by atoms with Gasteiger partial charge in [0.2, 0.25) is 0 Å². The number of hydrogen-bond donors (Lipinski definition) is 2. The Morgan fingerprint density at radius 3 is 2.78 bits per heavy atom. The van der Waals surface area contributed by atoms with Gasteiger partial charge in [-0.15, -0.1) is 0 Å². The van der Waals surface area contributed by atoms with Gasteiger partial charge in [0.1, 0.15) is 5.82 Å². The van der Waals surface area contributed by atoms with Gasteiger partial charge in [0.25, 0.3) is 0 Å². The van der Waals surface area contributed by atoms with Gasteiger partial charge >= 0.3 is 0 Å². The third kappa shape index (κ3) is 3.01. The summed E-state index contributed by atoms with van der Waals surface area (Å²) in [5.41, 5.74) is 8.87. The van der Waals surface area contributed by atoms with Gasteiger partial charge in [-0.3, -0.25) is 0 Å². The van der Waals surface area contributed by atoms with Crippen LogP contribution in [0.3, 0.4) is 0 Å². The first kappa shape index (κ1) is 12.9. The van der Waals surface area contributed by atoms with Crippen molar-refractivity contribution in [3.8, 4) is 0 Å². The lowest BCUT2D eigenvalue weighted by atomic mass is 10.1. The zero-order valence-electron chi connectivity index (χ0n) is 10.4. The number of nitrogens with zero attached hydrogens (tertiary/aromatic N) is 1. The molecule has 4 heteroatoms. The second-order valence-electron chi connectivity index (χ2n) is 4.37. The monoisotopic (exact) mass is 305 g/mol. The number of nitrogen functional groups attached to an aromatic ring is 1. The Morgan fingerprint density at radius 2 is 2.11 bits per heavy atom. The highest BCUT2D eigenvalue weighted by molar-refractivity contribution is 9.10. The lowest BCUT2D eigenvalue weighted by molar-refractivity contribution is 0.874. The van der Waals surface area contributed by atoms with E-state index in [0.717, 1.165) is 15.9 Å². The number of nitrogens with two attached hydrogens (primary N) is 1. The summed E-state index contributed by atoms with van der Waals surface area (Å²) >= 11 is 3.47. The summed E-state index contributed by atoms with van der Waals surface area (Å²) in [6.07, 6.45) is 1.81. The lowest BCUT2D eigenvalue weighted by Gasteiger charge is -2.16. The minimum absolute atomic E-state index is 0.153. The molecular formula is C14H16BrN3. The molecule has 0 spiro atoms. The molecule has 3 N–H and O–H groups in total. The SMILES string of the molecule is Cc1cnc(NC(C)c2cccc(Br)c2)c(N)c1. The molecule has 0 amide bonds. The molecule has 0 aliphatic rings. The van der Waals surface area contributed by atoms with Crippen LogP contribution in [-0.2, 0) is 0 Å². The van der Waals surface area contributed by atoms with Crippen molar-refractivity contribution in [2.45, 2.75) is 19.9 Å². The smallest absolute Gasteiger partial charge is 0.149 e. The van der Waals surface area contributed by atoms with E-state index in [0.29, 0.717) is 5.69 Å². The fourth-order valence-electron chi connectivity index (χ4n) is 1.78. The van der Waals surface area contributed by atoms with Gasteiger partial charge in [0.15, 0.2) is 0 Å². The summed E-state index contributed by atoms with van der Waals surface area (Å²) < 4.78 is 1.07. The Bertz CT molecular complexity index is 554. The highest BCUT2D eigenvalue weighted by atomic mass is 79.9. The summed E-state index contributed by atoms with van der Waals surface area (Å²) in [5, 5.41) is 3.32. The Hall–Kier alpha value is -1.55. The number of anilines is 2. The Kier molecular flexibility index (Phi) is 3.87. The summed E-state index contributed by atoms with van der Waals surface area (Å²) in [6, 6.07) is 10.3.